The van der Waals surface area contributed by atoms with E-state index in [1.165, 1.54) is 12.8 Å². The molecule has 0 amide bonds. The fourth-order valence-electron chi connectivity index (χ4n) is 3.59. The van der Waals surface area contributed by atoms with E-state index in [9.17, 15) is 0 Å². The van der Waals surface area contributed by atoms with Crippen LogP contribution in [0.2, 0.25) is 0 Å². The summed E-state index contributed by atoms with van der Waals surface area (Å²) in [6, 6.07) is 2.63. The lowest BCUT2D eigenvalue weighted by Crippen LogP contribution is -2.45. The monoisotopic (exact) mass is 257 g/mol. The second-order valence-corrected chi connectivity index (χ2v) is 5.68. The number of fused-ring (bicyclic) bond motifs is 2. The lowest BCUT2D eigenvalue weighted by molar-refractivity contribution is 0.384. The van der Waals surface area contributed by atoms with Crippen molar-refractivity contribution in [2.45, 2.75) is 18.9 Å². The van der Waals surface area contributed by atoms with Gasteiger partial charge in [0, 0.05) is 38.9 Å². The van der Waals surface area contributed by atoms with Crippen LogP contribution in [0.15, 0.2) is 18.6 Å². The topological polar surface area (TPSA) is 46.0 Å². The van der Waals surface area contributed by atoms with Gasteiger partial charge in [0.2, 0.25) is 0 Å². The molecular weight excluding hydrogens is 238 g/mol. The van der Waals surface area contributed by atoms with Gasteiger partial charge in [-0.2, -0.15) is 0 Å². The number of nitrogens with zero attached hydrogens (tertiary/aromatic N) is 4. The maximum absolute atomic E-state index is 4.63. The number of piperidine rings is 1. The van der Waals surface area contributed by atoms with Gasteiger partial charge in [0.15, 0.2) is 5.82 Å². The lowest BCUT2D eigenvalue weighted by Gasteiger charge is -2.37. The first kappa shape index (κ1) is 11.2. The third-order valence-corrected chi connectivity index (χ3v) is 4.57. The number of rotatable bonds is 1. The summed E-state index contributed by atoms with van der Waals surface area (Å²) in [7, 11) is 2.04. The molecule has 2 unspecified atom stereocenters. The molecule has 2 aliphatic rings. The minimum absolute atomic E-state index is 0.592. The molecule has 0 bridgehead atoms. The summed E-state index contributed by atoms with van der Waals surface area (Å²) in [5, 5.41) is 3.52. The zero-order valence-corrected chi connectivity index (χ0v) is 11.2. The third kappa shape index (κ3) is 1.64. The third-order valence-electron chi connectivity index (χ3n) is 4.57. The SMILES string of the molecule is Cn1cnc2c(N3CCCC4CNCC43)nccc21. The Morgan fingerprint density at radius 3 is 3.21 bits per heavy atom. The van der Waals surface area contributed by atoms with Gasteiger partial charge < -0.3 is 14.8 Å². The molecule has 4 heterocycles. The average molecular weight is 257 g/mol. The maximum Gasteiger partial charge on any atom is 0.157 e. The summed E-state index contributed by atoms with van der Waals surface area (Å²) in [6.45, 7) is 3.33. The van der Waals surface area contributed by atoms with Crippen LogP contribution in [0.25, 0.3) is 11.0 Å². The smallest absolute Gasteiger partial charge is 0.157 e. The Morgan fingerprint density at radius 2 is 2.26 bits per heavy atom. The van der Waals surface area contributed by atoms with E-state index in [4.69, 9.17) is 0 Å². The zero-order chi connectivity index (χ0) is 12.8. The Balaban J connectivity index is 1.81. The van der Waals surface area contributed by atoms with E-state index in [-0.39, 0.29) is 0 Å². The largest absolute Gasteiger partial charge is 0.350 e. The quantitative estimate of drug-likeness (QED) is 0.832. The fourth-order valence-corrected chi connectivity index (χ4v) is 3.59. The Morgan fingerprint density at radius 1 is 1.32 bits per heavy atom. The predicted molar refractivity (Wildman–Crippen MR) is 75.2 cm³/mol. The average Bonchev–Trinajstić information content (AvgIpc) is 3.05. The van der Waals surface area contributed by atoms with E-state index < -0.39 is 0 Å². The number of pyridine rings is 1. The Kier molecular flexibility index (Phi) is 2.48. The molecule has 0 radical (unpaired) electrons. The van der Waals surface area contributed by atoms with Crippen LogP contribution >= 0.6 is 0 Å². The molecule has 0 aliphatic carbocycles. The van der Waals surface area contributed by atoms with Crippen molar-refractivity contribution in [3.8, 4) is 0 Å². The van der Waals surface area contributed by atoms with Crippen molar-refractivity contribution in [3.63, 3.8) is 0 Å². The van der Waals surface area contributed by atoms with E-state index in [0.717, 1.165) is 42.4 Å². The molecule has 0 saturated carbocycles. The highest BCUT2D eigenvalue weighted by molar-refractivity contribution is 5.86. The molecule has 2 aromatic heterocycles. The summed E-state index contributed by atoms with van der Waals surface area (Å²) < 4.78 is 2.06. The van der Waals surface area contributed by atoms with Crippen LogP contribution in [0.1, 0.15) is 12.8 Å². The standard InChI is InChI=1S/C14H19N5/c1-18-9-17-13-11(18)4-5-16-14(13)19-6-2-3-10-7-15-8-12(10)19/h4-5,9-10,12,15H,2-3,6-8H2,1H3. The Labute approximate surface area is 112 Å². The molecule has 2 atom stereocenters. The molecule has 5 heteroatoms. The second-order valence-electron chi connectivity index (χ2n) is 5.68. The van der Waals surface area contributed by atoms with Crippen molar-refractivity contribution < 1.29 is 0 Å². The normalized spacial score (nSPS) is 26.9. The number of aryl methyl sites for hydroxylation is 1. The van der Waals surface area contributed by atoms with Gasteiger partial charge in [0.05, 0.1) is 11.8 Å². The van der Waals surface area contributed by atoms with Gasteiger partial charge in [-0.05, 0) is 24.8 Å². The van der Waals surface area contributed by atoms with Gasteiger partial charge in [-0.3, -0.25) is 0 Å². The number of nitrogens with one attached hydrogen (secondary N) is 1. The number of hydrogen-bond acceptors (Lipinski definition) is 4. The van der Waals surface area contributed by atoms with Crippen LogP contribution in [0.5, 0.6) is 0 Å². The van der Waals surface area contributed by atoms with Crippen LogP contribution in [-0.4, -0.2) is 40.2 Å². The Bertz CT molecular complexity index is 605. The lowest BCUT2D eigenvalue weighted by atomic mass is 9.92. The highest BCUT2D eigenvalue weighted by Crippen LogP contribution is 2.32. The molecule has 1 N–H and O–H groups in total. The summed E-state index contributed by atoms with van der Waals surface area (Å²) in [5.41, 5.74) is 2.20. The van der Waals surface area contributed by atoms with Crippen LogP contribution < -0.4 is 10.2 Å². The van der Waals surface area contributed by atoms with Crippen LogP contribution in [0.4, 0.5) is 5.82 Å². The fraction of sp³-hybridized carbons (Fsp3) is 0.571. The molecule has 100 valence electrons. The minimum atomic E-state index is 0.592. The van der Waals surface area contributed by atoms with Crippen molar-refractivity contribution in [3.05, 3.63) is 18.6 Å². The van der Waals surface area contributed by atoms with Gasteiger partial charge >= 0.3 is 0 Å². The van der Waals surface area contributed by atoms with Gasteiger partial charge in [0.1, 0.15) is 5.52 Å². The zero-order valence-electron chi connectivity index (χ0n) is 11.2. The van der Waals surface area contributed by atoms with E-state index >= 15 is 0 Å². The first-order chi connectivity index (χ1) is 9.34. The highest BCUT2D eigenvalue weighted by atomic mass is 15.3. The maximum atomic E-state index is 4.63. The van der Waals surface area contributed by atoms with Crippen molar-refractivity contribution in [1.82, 2.24) is 19.9 Å². The summed E-state index contributed by atoms with van der Waals surface area (Å²) in [5.74, 6) is 1.84. The molecule has 4 rings (SSSR count). The van der Waals surface area contributed by atoms with Gasteiger partial charge in [0.25, 0.3) is 0 Å². The van der Waals surface area contributed by atoms with Crippen LogP contribution in [-0.2, 0) is 7.05 Å². The molecule has 2 aromatic rings. The highest BCUT2D eigenvalue weighted by Gasteiger charge is 2.36. The molecule has 0 aromatic carbocycles. The summed E-state index contributed by atoms with van der Waals surface area (Å²) in [4.78, 5) is 11.6. The summed E-state index contributed by atoms with van der Waals surface area (Å²) in [6.07, 6.45) is 6.38. The van der Waals surface area contributed by atoms with Gasteiger partial charge in [-0.15, -0.1) is 0 Å². The minimum Gasteiger partial charge on any atom is -0.350 e. The van der Waals surface area contributed by atoms with Crippen molar-refractivity contribution in [1.29, 1.82) is 0 Å². The molecule has 2 saturated heterocycles. The van der Waals surface area contributed by atoms with Crippen molar-refractivity contribution in [2.75, 3.05) is 24.5 Å². The molecule has 2 aliphatic heterocycles. The molecule has 19 heavy (non-hydrogen) atoms. The number of hydrogen-bond donors (Lipinski definition) is 1. The van der Waals surface area contributed by atoms with E-state index in [2.05, 4.69) is 24.8 Å². The molecule has 2 fully saturated rings. The second kappa shape index (κ2) is 4.20. The molecule has 0 spiro atoms. The first-order valence-corrected chi connectivity index (χ1v) is 7.08. The van der Waals surface area contributed by atoms with Crippen molar-refractivity contribution >= 4 is 16.9 Å². The first-order valence-electron chi connectivity index (χ1n) is 7.08. The Hall–Kier alpha value is -1.62. The van der Waals surface area contributed by atoms with E-state index in [1.54, 1.807) is 0 Å². The number of aromatic nitrogens is 3. The number of anilines is 1. The molecular formula is C14H19N5. The van der Waals surface area contributed by atoms with Gasteiger partial charge in [-0.25, -0.2) is 9.97 Å². The van der Waals surface area contributed by atoms with Crippen molar-refractivity contribution in [2.24, 2.45) is 13.0 Å². The predicted octanol–water partition coefficient (Wildman–Crippen LogP) is 1.16. The summed E-state index contributed by atoms with van der Waals surface area (Å²) >= 11 is 0. The van der Waals surface area contributed by atoms with Gasteiger partial charge in [-0.1, -0.05) is 0 Å². The number of imidazole rings is 1. The van der Waals surface area contributed by atoms with E-state index in [0.29, 0.717) is 6.04 Å². The van der Waals surface area contributed by atoms with Crippen LogP contribution in [0.3, 0.4) is 0 Å². The van der Waals surface area contributed by atoms with Crippen LogP contribution in [0, 0.1) is 5.92 Å². The van der Waals surface area contributed by atoms with E-state index in [1.807, 2.05) is 25.6 Å². The molecule has 5 nitrogen and oxygen atoms in total.